The number of rotatable bonds is 4. The van der Waals surface area contributed by atoms with E-state index in [9.17, 15) is 0 Å². The van der Waals surface area contributed by atoms with Gasteiger partial charge in [0.15, 0.2) is 0 Å². The molecule has 5 aromatic heterocycles. The first-order valence-corrected chi connectivity index (χ1v) is 18.0. The van der Waals surface area contributed by atoms with Crippen LogP contribution in [0.1, 0.15) is 0 Å². The number of aromatic nitrogens is 5. The Morgan fingerprint density at radius 2 is 0.667 bits per heavy atom. The second-order valence-corrected chi connectivity index (χ2v) is 13.8. The van der Waals surface area contributed by atoms with Gasteiger partial charge in [0.1, 0.15) is 0 Å². The Labute approximate surface area is 310 Å². The van der Waals surface area contributed by atoms with Crippen LogP contribution in [0.15, 0.2) is 176 Å². The summed E-state index contributed by atoms with van der Waals surface area (Å²) < 4.78 is 0. The minimum atomic E-state index is 0.926. The molecule has 54 heavy (non-hydrogen) atoms. The van der Waals surface area contributed by atoms with Crippen LogP contribution in [0.25, 0.3) is 110 Å². The Kier molecular flexibility index (Phi) is 6.79. The van der Waals surface area contributed by atoms with Gasteiger partial charge in [-0.3, -0.25) is 9.97 Å². The Balaban J connectivity index is 0.867. The normalized spacial score (nSPS) is 11.7. The van der Waals surface area contributed by atoms with Gasteiger partial charge in [-0.15, -0.1) is 0 Å². The van der Waals surface area contributed by atoms with Gasteiger partial charge >= 0.3 is 0 Å². The van der Waals surface area contributed by atoms with Gasteiger partial charge in [0.05, 0.1) is 44.7 Å². The zero-order chi connectivity index (χ0) is 35.6. The van der Waals surface area contributed by atoms with E-state index in [4.69, 9.17) is 15.0 Å². The second kappa shape index (κ2) is 12.1. The SMILES string of the molecule is c1cnc2ccc(-c3ccc4cc(-c5ccc6nc(-c7ccc8cc(-c9ccc%10ccc%11cccnc%11c%10n9)ccc8c7)ccc6c5)ccc4n3)cc2c1. The Hall–Kier alpha value is -7.37. The van der Waals surface area contributed by atoms with Crippen LogP contribution in [-0.4, -0.2) is 24.9 Å². The minimum Gasteiger partial charge on any atom is -0.256 e. The first-order chi connectivity index (χ1) is 26.7. The van der Waals surface area contributed by atoms with E-state index in [2.05, 4.69) is 162 Å². The van der Waals surface area contributed by atoms with Crippen LogP contribution in [0.5, 0.6) is 0 Å². The van der Waals surface area contributed by atoms with Crippen molar-refractivity contribution in [2.24, 2.45) is 0 Å². The average molecular weight is 688 g/mol. The highest BCUT2D eigenvalue weighted by atomic mass is 14.8. The van der Waals surface area contributed by atoms with E-state index >= 15 is 0 Å². The second-order valence-electron chi connectivity index (χ2n) is 13.8. The topological polar surface area (TPSA) is 64.5 Å². The Morgan fingerprint density at radius 3 is 1.31 bits per heavy atom. The maximum atomic E-state index is 5.08. The van der Waals surface area contributed by atoms with Crippen LogP contribution in [0.3, 0.4) is 0 Å². The predicted octanol–water partition coefficient (Wildman–Crippen LogP) is 12.2. The minimum absolute atomic E-state index is 0.926. The van der Waals surface area contributed by atoms with Crippen LogP contribution in [0, 0.1) is 0 Å². The molecule has 0 unspecified atom stereocenters. The lowest BCUT2D eigenvalue weighted by Gasteiger charge is -2.10. The van der Waals surface area contributed by atoms with Gasteiger partial charge in [-0.2, -0.15) is 0 Å². The zero-order valence-electron chi connectivity index (χ0n) is 29.0. The molecular formula is C49H29N5. The molecule has 6 aromatic carbocycles. The standard InChI is InChI=1S/C49H29N5/c1-3-30-5-6-31-11-18-47(54-49(31)48(30)51-24-1)38-10-8-32-25-37(9-7-33(32)26-38)45-21-15-39-27-34(12-19-43(39)52-45)35-13-20-44-40(28-35)16-22-46(53-44)41-14-17-42-36(29-41)4-2-23-50-42/h1-29H. The largest absolute Gasteiger partial charge is 0.256 e. The van der Waals surface area contributed by atoms with Gasteiger partial charge in [0.2, 0.25) is 0 Å². The van der Waals surface area contributed by atoms with Crippen molar-refractivity contribution >= 4 is 65.3 Å². The van der Waals surface area contributed by atoms with E-state index in [1.54, 1.807) is 0 Å². The molecule has 5 heterocycles. The molecule has 0 saturated carbocycles. The van der Waals surface area contributed by atoms with E-state index in [1.165, 1.54) is 0 Å². The number of hydrogen-bond acceptors (Lipinski definition) is 5. The molecule has 0 radical (unpaired) electrons. The zero-order valence-corrected chi connectivity index (χ0v) is 29.0. The Morgan fingerprint density at radius 1 is 0.259 bits per heavy atom. The highest BCUT2D eigenvalue weighted by Crippen LogP contribution is 2.33. The summed E-state index contributed by atoms with van der Waals surface area (Å²) in [6.45, 7) is 0. The maximum absolute atomic E-state index is 5.08. The van der Waals surface area contributed by atoms with E-state index in [1.807, 2.05) is 24.5 Å². The lowest BCUT2D eigenvalue weighted by molar-refractivity contribution is 1.37. The number of benzene rings is 6. The summed E-state index contributed by atoms with van der Waals surface area (Å²) in [5.74, 6) is 0. The third-order valence-electron chi connectivity index (χ3n) is 10.5. The smallest absolute Gasteiger partial charge is 0.0972 e. The maximum Gasteiger partial charge on any atom is 0.0972 e. The fourth-order valence-corrected chi connectivity index (χ4v) is 7.62. The molecule has 5 nitrogen and oxygen atoms in total. The van der Waals surface area contributed by atoms with Gasteiger partial charge in [-0.1, -0.05) is 84.9 Å². The van der Waals surface area contributed by atoms with Crippen molar-refractivity contribution in [3.8, 4) is 44.9 Å². The van der Waals surface area contributed by atoms with E-state index < -0.39 is 0 Å². The lowest BCUT2D eigenvalue weighted by atomic mass is 9.99. The van der Waals surface area contributed by atoms with E-state index in [0.717, 1.165) is 110 Å². The summed E-state index contributed by atoms with van der Waals surface area (Å²) in [5.41, 5.74) is 13.2. The fraction of sp³-hybridized carbons (Fsp3) is 0. The summed E-state index contributed by atoms with van der Waals surface area (Å²) >= 11 is 0. The van der Waals surface area contributed by atoms with Gasteiger partial charge in [-0.25, -0.2) is 15.0 Å². The summed E-state index contributed by atoms with van der Waals surface area (Å²) in [4.78, 5) is 24.2. The van der Waals surface area contributed by atoms with Crippen molar-refractivity contribution < 1.29 is 0 Å². The number of pyridine rings is 5. The summed E-state index contributed by atoms with van der Waals surface area (Å²) in [7, 11) is 0. The molecule has 0 saturated heterocycles. The molecule has 0 aliphatic rings. The summed E-state index contributed by atoms with van der Waals surface area (Å²) in [6.07, 6.45) is 3.65. The summed E-state index contributed by atoms with van der Waals surface area (Å²) in [5, 5.41) is 7.83. The van der Waals surface area contributed by atoms with Crippen LogP contribution in [-0.2, 0) is 0 Å². The first kappa shape index (κ1) is 30.3. The summed E-state index contributed by atoms with van der Waals surface area (Å²) in [6, 6.07) is 57.5. The highest BCUT2D eigenvalue weighted by molar-refractivity contribution is 6.03. The third-order valence-corrected chi connectivity index (χ3v) is 10.5. The van der Waals surface area contributed by atoms with Gasteiger partial charge < -0.3 is 0 Å². The van der Waals surface area contributed by atoms with Crippen LogP contribution < -0.4 is 0 Å². The van der Waals surface area contributed by atoms with Crippen molar-refractivity contribution in [1.29, 1.82) is 0 Å². The molecule has 5 heteroatoms. The average Bonchev–Trinajstić information content (AvgIpc) is 3.25. The molecule has 11 rings (SSSR count). The molecule has 0 aliphatic heterocycles. The molecule has 0 bridgehead atoms. The van der Waals surface area contributed by atoms with Crippen molar-refractivity contribution in [3.63, 3.8) is 0 Å². The quantitative estimate of drug-likeness (QED) is 0.172. The Bertz CT molecular complexity index is 3300. The van der Waals surface area contributed by atoms with Crippen LogP contribution >= 0.6 is 0 Å². The first-order valence-electron chi connectivity index (χ1n) is 18.0. The molecule has 11 aromatic rings. The monoisotopic (exact) mass is 687 g/mol. The van der Waals surface area contributed by atoms with E-state index in [0.29, 0.717) is 0 Å². The number of fused-ring (bicyclic) bond motifs is 7. The fourth-order valence-electron chi connectivity index (χ4n) is 7.62. The van der Waals surface area contributed by atoms with Crippen LogP contribution in [0.2, 0.25) is 0 Å². The molecule has 0 aliphatic carbocycles. The van der Waals surface area contributed by atoms with Gasteiger partial charge in [0, 0.05) is 56.0 Å². The third kappa shape index (κ3) is 5.22. The molecular weight excluding hydrogens is 659 g/mol. The molecule has 0 N–H and O–H groups in total. The number of hydrogen-bond donors (Lipinski definition) is 0. The van der Waals surface area contributed by atoms with E-state index in [-0.39, 0.29) is 0 Å². The van der Waals surface area contributed by atoms with Crippen molar-refractivity contribution in [3.05, 3.63) is 176 Å². The number of nitrogens with zero attached hydrogens (tertiary/aromatic N) is 5. The molecule has 0 amide bonds. The lowest BCUT2D eigenvalue weighted by Crippen LogP contribution is -1.89. The van der Waals surface area contributed by atoms with Gasteiger partial charge in [-0.05, 0) is 101 Å². The predicted molar refractivity (Wildman–Crippen MR) is 222 cm³/mol. The van der Waals surface area contributed by atoms with Crippen molar-refractivity contribution in [1.82, 2.24) is 24.9 Å². The van der Waals surface area contributed by atoms with Crippen molar-refractivity contribution in [2.75, 3.05) is 0 Å². The molecule has 0 atom stereocenters. The van der Waals surface area contributed by atoms with Crippen LogP contribution in [0.4, 0.5) is 0 Å². The molecule has 250 valence electrons. The van der Waals surface area contributed by atoms with Gasteiger partial charge in [0.25, 0.3) is 0 Å². The van der Waals surface area contributed by atoms with Crippen molar-refractivity contribution in [2.45, 2.75) is 0 Å². The highest BCUT2D eigenvalue weighted by Gasteiger charge is 2.10. The molecule has 0 spiro atoms. The molecule has 0 fully saturated rings.